The lowest BCUT2D eigenvalue weighted by Crippen LogP contribution is -2.52. The van der Waals surface area contributed by atoms with Gasteiger partial charge in [-0.15, -0.1) is 0 Å². The normalized spacial score (nSPS) is 13.4. The Morgan fingerprint density at radius 1 is 1.05 bits per heavy atom. The van der Waals surface area contributed by atoms with Crippen molar-refractivity contribution >= 4 is 32.7 Å². The highest BCUT2D eigenvalue weighted by atomic mass is 32.2. The predicted octanol–water partition coefficient (Wildman–Crippen LogP) is 4.15. The van der Waals surface area contributed by atoms with Gasteiger partial charge >= 0.3 is 0 Å². The highest BCUT2D eigenvalue weighted by Crippen LogP contribution is 2.26. The first-order valence-corrected chi connectivity index (χ1v) is 15.7. The Bertz CT molecular complexity index is 1650. The third kappa shape index (κ3) is 8.13. The van der Waals surface area contributed by atoms with Crippen LogP contribution in [0.15, 0.2) is 70.0 Å². The number of aromatic nitrogens is 1. The average Bonchev–Trinajstić information content (AvgIpc) is 3.31. The molecule has 230 valence electrons. The maximum absolute atomic E-state index is 13.8. The van der Waals surface area contributed by atoms with E-state index in [2.05, 4.69) is 10.3 Å². The molecule has 0 radical (unpaired) electrons. The summed E-state index contributed by atoms with van der Waals surface area (Å²) in [6.07, 6.45) is -0.944. The van der Waals surface area contributed by atoms with E-state index in [-0.39, 0.29) is 36.9 Å². The lowest BCUT2D eigenvalue weighted by Gasteiger charge is -2.30. The van der Waals surface area contributed by atoms with E-state index < -0.39 is 28.1 Å². The molecule has 0 aliphatic carbocycles. The van der Waals surface area contributed by atoms with Gasteiger partial charge in [0.15, 0.2) is 18.1 Å². The second-order valence-electron chi connectivity index (χ2n) is 11.3. The summed E-state index contributed by atoms with van der Waals surface area (Å²) in [7, 11) is -4.03. The van der Waals surface area contributed by atoms with Gasteiger partial charge in [-0.1, -0.05) is 44.2 Å². The number of nitrogens with one attached hydrogen (secondary N) is 1. The number of ether oxygens (including phenoxy) is 1. The molecule has 0 aliphatic rings. The lowest BCUT2D eigenvalue weighted by atomic mass is 10.0. The van der Waals surface area contributed by atoms with Crippen LogP contribution in [0.2, 0.25) is 0 Å². The molecule has 0 aliphatic heterocycles. The fourth-order valence-electron chi connectivity index (χ4n) is 5.09. The topological polar surface area (TPSA) is 148 Å². The molecule has 4 N–H and O–H groups in total. The summed E-state index contributed by atoms with van der Waals surface area (Å²) in [4.78, 5) is 17.4. The zero-order valence-corrected chi connectivity index (χ0v) is 26.0. The van der Waals surface area contributed by atoms with Gasteiger partial charge in [-0.2, -0.15) is 4.31 Å². The SMILES string of the molecule is Cc1nc2ccc(S(=O)(=O)N(CC(C)C)C[C@@H](O)[C@H](Cc3ccccc3)NC(=O)COc3c(C)cc(N)cc3C)cc2o1. The molecular weight excluding hydrogens is 568 g/mol. The maximum atomic E-state index is 13.8. The van der Waals surface area contributed by atoms with E-state index in [0.717, 1.165) is 16.7 Å². The number of rotatable bonds is 13. The molecule has 43 heavy (non-hydrogen) atoms. The molecule has 2 atom stereocenters. The standard InChI is InChI=1S/C32H40N4O6S/c1-20(2)17-36(43(39,40)26-11-12-27-30(16-26)42-23(5)34-27)18-29(37)28(15-24-9-7-6-8-10-24)35-31(38)19-41-32-21(3)13-25(33)14-22(32)4/h6-14,16,20,28-29,37H,15,17-19,33H2,1-5H3,(H,35,38)/t28-,29+/m0/s1. The van der Waals surface area contributed by atoms with E-state index in [9.17, 15) is 18.3 Å². The molecule has 11 heteroatoms. The minimum Gasteiger partial charge on any atom is -0.483 e. The van der Waals surface area contributed by atoms with Crippen LogP contribution >= 0.6 is 0 Å². The van der Waals surface area contributed by atoms with Gasteiger partial charge in [0.25, 0.3) is 5.91 Å². The number of nitrogens with two attached hydrogens (primary N) is 1. The Balaban J connectivity index is 1.55. The molecule has 0 fully saturated rings. The van der Waals surface area contributed by atoms with E-state index in [1.54, 1.807) is 25.1 Å². The zero-order valence-electron chi connectivity index (χ0n) is 25.2. The minimum absolute atomic E-state index is 0.0276. The fourth-order valence-corrected chi connectivity index (χ4v) is 6.73. The average molecular weight is 609 g/mol. The number of sulfonamides is 1. The number of aliphatic hydroxyl groups is 1. The summed E-state index contributed by atoms with van der Waals surface area (Å²) < 4.78 is 40.3. The van der Waals surface area contributed by atoms with Crippen molar-refractivity contribution in [2.45, 2.75) is 58.1 Å². The molecule has 0 spiro atoms. The van der Waals surface area contributed by atoms with Crippen LogP contribution in [0.1, 0.15) is 36.4 Å². The second-order valence-corrected chi connectivity index (χ2v) is 13.2. The molecule has 0 unspecified atom stereocenters. The van der Waals surface area contributed by atoms with Crippen molar-refractivity contribution < 1.29 is 27.5 Å². The fraction of sp³-hybridized carbons (Fsp3) is 0.375. The van der Waals surface area contributed by atoms with Gasteiger partial charge in [-0.05, 0) is 67.1 Å². The Labute approximate surface area is 252 Å². The number of amides is 1. The van der Waals surface area contributed by atoms with Crippen LogP contribution < -0.4 is 15.8 Å². The number of hydrogen-bond acceptors (Lipinski definition) is 8. The highest BCUT2D eigenvalue weighted by Gasteiger charge is 2.32. The van der Waals surface area contributed by atoms with Crippen molar-refractivity contribution in [3.63, 3.8) is 0 Å². The molecule has 4 rings (SSSR count). The van der Waals surface area contributed by atoms with Crippen LogP contribution in [-0.2, 0) is 21.2 Å². The highest BCUT2D eigenvalue weighted by molar-refractivity contribution is 7.89. The van der Waals surface area contributed by atoms with Gasteiger partial charge < -0.3 is 25.3 Å². The number of aliphatic hydroxyl groups excluding tert-OH is 1. The van der Waals surface area contributed by atoms with Crippen LogP contribution in [0.4, 0.5) is 5.69 Å². The van der Waals surface area contributed by atoms with Gasteiger partial charge in [0.1, 0.15) is 11.3 Å². The molecule has 0 saturated heterocycles. The summed E-state index contributed by atoms with van der Waals surface area (Å²) >= 11 is 0. The van der Waals surface area contributed by atoms with Gasteiger partial charge in [-0.25, -0.2) is 13.4 Å². The lowest BCUT2D eigenvalue weighted by molar-refractivity contribution is -0.124. The van der Waals surface area contributed by atoms with Crippen molar-refractivity contribution in [3.8, 4) is 5.75 Å². The molecule has 1 heterocycles. The van der Waals surface area contributed by atoms with E-state index in [4.69, 9.17) is 14.9 Å². The van der Waals surface area contributed by atoms with Crippen LogP contribution in [-0.4, -0.2) is 60.6 Å². The minimum atomic E-state index is -4.03. The Morgan fingerprint density at radius 2 is 1.72 bits per heavy atom. The molecule has 1 aromatic heterocycles. The van der Waals surface area contributed by atoms with Crippen molar-refractivity contribution in [2.75, 3.05) is 25.4 Å². The maximum Gasteiger partial charge on any atom is 0.258 e. The summed E-state index contributed by atoms with van der Waals surface area (Å²) in [5, 5.41) is 14.4. The number of carbonyl (C=O) groups excluding carboxylic acids is 1. The van der Waals surface area contributed by atoms with E-state index in [0.29, 0.717) is 28.4 Å². The van der Waals surface area contributed by atoms with Crippen molar-refractivity contribution in [3.05, 3.63) is 83.2 Å². The molecular formula is C32H40N4O6S. The Morgan fingerprint density at radius 3 is 2.37 bits per heavy atom. The number of benzene rings is 3. The smallest absolute Gasteiger partial charge is 0.258 e. The molecule has 1 amide bonds. The van der Waals surface area contributed by atoms with E-state index >= 15 is 0 Å². The number of oxazole rings is 1. The van der Waals surface area contributed by atoms with Gasteiger partial charge in [0, 0.05) is 31.8 Å². The van der Waals surface area contributed by atoms with E-state index in [1.807, 2.05) is 58.0 Å². The molecule has 0 saturated carbocycles. The molecule has 4 aromatic rings. The van der Waals surface area contributed by atoms with Crippen LogP contribution in [0.3, 0.4) is 0 Å². The first kappa shape index (κ1) is 32.0. The quantitative estimate of drug-likeness (QED) is 0.192. The van der Waals surface area contributed by atoms with Crippen molar-refractivity contribution in [1.82, 2.24) is 14.6 Å². The van der Waals surface area contributed by atoms with Gasteiger partial charge in [0.05, 0.1) is 17.0 Å². The first-order valence-electron chi connectivity index (χ1n) is 14.2. The monoisotopic (exact) mass is 608 g/mol. The van der Waals surface area contributed by atoms with E-state index in [1.165, 1.54) is 16.4 Å². The summed E-state index contributed by atoms with van der Waals surface area (Å²) in [5.41, 5.74) is 9.92. The van der Waals surface area contributed by atoms with Crippen LogP contribution in [0.5, 0.6) is 5.75 Å². The summed E-state index contributed by atoms with van der Waals surface area (Å²) in [6.45, 7) is 8.85. The first-order chi connectivity index (χ1) is 20.3. The van der Waals surface area contributed by atoms with Crippen molar-refractivity contribution in [2.24, 2.45) is 5.92 Å². The number of fused-ring (bicyclic) bond motifs is 1. The largest absolute Gasteiger partial charge is 0.483 e. The van der Waals surface area contributed by atoms with Gasteiger partial charge in [0.2, 0.25) is 10.0 Å². The van der Waals surface area contributed by atoms with Crippen LogP contribution in [0.25, 0.3) is 11.1 Å². The number of nitrogen functional groups attached to an aromatic ring is 1. The molecule has 10 nitrogen and oxygen atoms in total. The summed E-state index contributed by atoms with van der Waals surface area (Å²) in [5.74, 6) is 0.530. The van der Waals surface area contributed by atoms with Gasteiger partial charge in [-0.3, -0.25) is 4.79 Å². The summed E-state index contributed by atoms with van der Waals surface area (Å²) in [6, 6.07) is 16.7. The number of nitrogens with zero attached hydrogens (tertiary/aromatic N) is 2. The number of hydrogen-bond donors (Lipinski definition) is 3. The van der Waals surface area contributed by atoms with Crippen molar-refractivity contribution in [1.29, 1.82) is 0 Å². The number of aryl methyl sites for hydroxylation is 3. The van der Waals surface area contributed by atoms with Crippen LogP contribution in [0, 0.1) is 26.7 Å². The molecule has 0 bridgehead atoms. The third-order valence-electron chi connectivity index (χ3n) is 7.00. The molecule has 3 aromatic carbocycles. The zero-order chi connectivity index (χ0) is 31.3. The number of carbonyl (C=O) groups is 1. The second kappa shape index (κ2) is 13.6. The Kier molecular flexibility index (Phi) is 10.1. The Hall–Kier alpha value is -3.93. The predicted molar refractivity (Wildman–Crippen MR) is 166 cm³/mol. The third-order valence-corrected chi connectivity index (χ3v) is 8.83. The number of anilines is 1.